The predicted octanol–water partition coefficient (Wildman–Crippen LogP) is -1.31. The van der Waals surface area contributed by atoms with E-state index in [4.69, 9.17) is 0 Å². The van der Waals surface area contributed by atoms with Crippen LogP contribution in [0.5, 0.6) is 0 Å². The zero-order chi connectivity index (χ0) is 19.4. The monoisotopic (exact) mass is 372 g/mol. The van der Waals surface area contributed by atoms with Gasteiger partial charge in [-0.1, -0.05) is 30.3 Å². The van der Waals surface area contributed by atoms with Gasteiger partial charge in [-0.05, 0) is 18.4 Å². The fourth-order valence-electron chi connectivity index (χ4n) is 3.56. The molecule has 8 nitrogen and oxygen atoms in total. The van der Waals surface area contributed by atoms with Gasteiger partial charge in [-0.15, -0.1) is 0 Å². The summed E-state index contributed by atoms with van der Waals surface area (Å²) in [6.07, 6.45) is 0.555. The van der Waals surface area contributed by atoms with Crippen molar-refractivity contribution in [3.05, 3.63) is 35.9 Å². The number of amides is 3. The Morgan fingerprint density at radius 3 is 2.56 bits per heavy atom. The number of carbonyl (C=O) groups excluding carboxylic acids is 4. The molecule has 2 atom stereocenters. The minimum absolute atomic E-state index is 0.0902. The zero-order valence-electron chi connectivity index (χ0n) is 14.9. The van der Waals surface area contributed by atoms with Gasteiger partial charge in [0.1, 0.15) is 12.1 Å². The van der Waals surface area contributed by atoms with Crippen LogP contribution in [0.4, 0.5) is 0 Å². The average molecular weight is 372 g/mol. The van der Waals surface area contributed by atoms with Crippen molar-refractivity contribution in [2.75, 3.05) is 19.6 Å². The third-order valence-corrected chi connectivity index (χ3v) is 4.99. The highest BCUT2D eigenvalue weighted by Gasteiger charge is 2.44. The Kier molecular flexibility index (Phi) is 5.73. The molecule has 27 heavy (non-hydrogen) atoms. The average Bonchev–Trinajstić information content (AvgIpc) is 2.66. The van der Waals surface area contributed by atoms with Crippen molar-refractivity contribution in [2.24, 2.45) is 0 Å². The summed E-state index contributed by atoms with van der Waals surface area (Å²) < 4.78 is 0. The minimum atomic E-state index is -1.19. The number of carbonyl (C=O) groups is 4. The number of carboxylic acids is 1. The van der Waals surface area contributed by atoms with Gasteiger partial charge >= 0.3 is 0 Å². The van der Waals surface area contributed by atoms with E-state index in [0.29, 0.717) is 19.5 Å². The molecule has 3 amide bonds. The summed E-state index contributed by atoms with van der Waals surface area (Å²) >= 11 is 0. The van der Waals surface area contributed by atoms with Crippen LogP contribution in [0.1, 0.15) is 24.8 Å². The Morgan fingerprint density at radius 1 is 1.11 bits per heavy atom. The molecule has 0 spiro atoms. The molecule has 0 unspecified atom stereocenters. The van der Waals surface area contributed by atoms with Crippen LogP contribution < -0.4 is 10.4 Å². The van der Waals surface area contributed by atoms with Crippen molar-refractivity contribution in [1.29, 1.82) is 0 Å². The molecule has 2 heterocycles. The van der Waals surface area contributed by atoms with Gasteiger partial charge in [0.15, 0.2) is 0 Å². The van der Waals surface area contributed by atoms with Gasteiger partial charge < -0.3 is 25.0 Å². The number of carboxylic acid groups (broad SMARTS) is 1. The second-order valence-corrected chi connectivity index (χ2v) is 6.86. The van der Waals surface area contributed by atoms with Crippen molar-refractivity contribution in [3.63, 3.8) is 0 Å². The van der Waals surface area contributed by atoms with E-state index < -0.39 is 18.1 Å². The van der Waals surface area contributed by atoms with Crippen molar-refractivity contribution < 1.29 is 24.3 Å². The fraction of sp³-hybridized carbons (Fsp3) is 0.474. The second kappa shape index (κ2) is 8.20. The van der Waals surface area contributed by atoms with Crippen LogP contribution in [-0.4, -0.2) is 65.2 Å². The molecule has 8 heteroatoms. The topological polar surface area (TPSA) is 110 Å². The summed E-state index contributed by atoms with van der Waals surface area (Å²) in [5.74, 6) is -1.79. The minimum Gasteiger partial charge on any atom is -0.550 e. The molecule has 0 radical (unpaired) electrons. The van der Waals surface area contributed by atoms with Crippen LogP contribution in [0.25, 0.3) is 0 Å². The molecule has 1 aromatic rings. The molecule has 3 rings (SSSR count). The first-order chi connectivity index (χ1) is 13.0. The first kappa shape index (κ1) is 18.9. The van der Waals surface area contributed by atoms with E-state index in [2.05, 4.69) is 5.32 Å². The summed E-state index contributed by atoms with van der Waals surface area (Å²) in [6, 6.07) is 8.20. The lowest BCUT2D eigenvalue weighted by Gasteiger charge is -2.45. The first-order valence-corrected chi connectivity index (χ1v) is 9.08. The van der Waals surface area contributed by atoms with Gasteiger partial charge in [0.05, 0.1) is 6.54 Å². The summed E-state index contributed by atoms with van der Waals surface area (Å²) in [4.78, 5) is 51.0. The number of nitrogens with one attached hydrogen (secondary N) is 1. The Balaban J connectivity index is 1.59. The van der Waals surface area contributed by atoms with Crippen LogP contribution in [0.15, 0.2) is 30.3 Å². The molecule has 2 fully saturated rings. The maximum absolute atomic E-state index is 12.8. The van der Waals surface area contributed by atoms with Crippen LogP contribution >= 0.6 is 0 Å². The summed E-state index contributed by atoms with van der Waals surface area (Å²) in [7, 11) is 0. The molecule has 2 aliphatic rings. The molecule has 0 saturated carbocycles. The van der Waals surface area contributed by atoms with Crippen LogP contribution in [0, 0.1) is 0 Å². The SMILES string of the molecule is O=C([O-])CCCC(=O)N1CCN2C(=O)[C@H](Cc3ccccc3)NC(=O)[C@@H]2C1. The standard InChI is InChI=1S/C19H23N3O5/c23-16(7-4-8-17(24)25)21-9-10-22-15(12-21)18(26)20-14(19(22)27)11-13-5-2-1-3-6-13/h1-3,5-6,14-15H,4,7-12H2,(H,20,26)(H,24,25)/p-1/t14-,15-/m0/s1. The summed E-state index contributed by atoms with van der Waals surface area (Å²) in [5, 5.41) is 13.2. The van der Waals surface area contributed by atoms with Gasteiger partial charge in [0, 0.05) is 31.9 Å². The van der Waals surface area contributed by atoms with Gasteiger partial charge in [-0.3, -0.25) is 14.4 Å². The van der Waals surface area contributed by atoms with E-state index >= 15 is 0 Å². The molecule has 2 aliphatic heterocycles. The van der Waals surface area contributed by atoms with E-state index in [1.165, 1.54) is 4.90 Å². The van der Waals surface area contributed by atoms with Gasteiger partial charge in [0.2, 0.25) is 17.7 Å². The normalized spacial score (nSPS) is 22.2. The molecule has 2 saturated heterocycles. The molecule has 1 N–H and O–H groups in total. The van der Waals surface area contributed by atoms with Crippen molar-refractivity contribution >= 4 is 23.7 Å². The van der Waals surface area contributed by atoms with Crippen LogP contribution in [0.2, 0.25) is 0 Å². The van der Waals surface area contributed by atoms with Crippen LogP contribution in [0.3, 0.4) is 0 Å². The largest absolute Gasteiger partial charge is 0.550 e. The number of nitrogens with zero attached hydrogens (tertiary/aromatic N) is 2. The maximum Gasteiger partial charge on any atom is 0.246 e. The zero-order valence-corrected chi connectivity index (χ0v) is 14.9. The third-order valence-electron chi connectivity index (χ3n) is 4.99. The Bertz CT molecular complexity index is 736. The Morgan fingerprint density at radius 2 is 1.85 bits per heavy atom. The number of piperazine rings is 2. The third kappa shape index (κ3) is 4.45. The van der Waals surface area contributed by atoms with Crippen molar-refractivity contribution in [1.82, 2.24) is 15.1 Å². The molecule has 0 bridgehead atoms. The van der Waals surface area contributed by atoms with Crippen LogP contribution in [-0.2, 0) is 25.6 Å². The lowest BCUT2D eigenvalue weighted by molar-refractivity contribution is -0.305. The number of aliphatic carboxylic acids is 1. The number of rotatable bonds is 6. The van der Waals surface area contributed by atoms with E-state index in [0.717, 1.165) is 5.56 Å². The quantitative estimate of drug-likeness (QED) is 0.667. The second-order valence-electron chi connectivity index (χ2n) is 6.86. The highest BCUT2D eigenvalue weighted by molar-refractivity contribution is 5.98. The van der Waals surface area contributed by atoms with E-state index in [1.54, 1.807) is 4.90 Å². The van der Waals surface area contributed by atoms with Gasteiger partial charge in [0.25, 0.3) is 0 Å². The van der Waals surface area contributed by atoms with Crippen molar-refractivity contribution in [2.45, 2.75) is 37.8 Å². The Hall–Kier alpha value is -2.90. The Labute approximate surface area is 157 Å². The fourth-order valence-corrected chi connectivity index (χ4v) is 3.56. The molecule has 0 aromatic heterocycles. The van der Waals surface area contributed by atoms with Gasteiger partial charge in [-0.2, -0.15) is 0 Å². The number of fused-ring (bicyclic) bond motifs is 1. The van der Waals surface area contributed by atoms with E-state index in [-0.39, 0.29) is 43.5 Å². The first-order valence-electron chi connectivity index (χ1n) is 9.08. The maximum atomic E-state index is 12.8. The van der Waals surface area contributed by atoms with Crippen molar-refractivity contribution in [3.8, 4) is 0 Å². The number of benzene rings is 1. The lowest BCUT2D eigenvalue weighted by atomic mass is 9.98. The highest BCUT2D eigenvalue weighted by atomic mass is 16.4. The number of hydrogen-bond acceptors (Lipinski definition) is 5. The molecule has 0 aliphatic carbocycles. The van der Waals surface area contributed by atoms with E-state index in [9.17, 15) is 24.3 Å². The summed E-state index contributed by atoms with van der Waals surface area (Å²) in [6.45, 7) is 0.784. The number of hydrogen-bond donors (Lipinski definition) is 1. The molecular weight excluding hydrogens is 350 g/mol. The highest BCUT2D eigenvalue weighted by Crippen LogP contribution is 2.19. The smallest absolute Gasteiger partial charge is 0.246 e. The van der Waals surface area contributed by atoms with Gasteiger partial charge in [-0.25, -0.2) is 0 Å². The predicted molar refractivity (Wildman–Crippen MR) is 93.0 cm³/mol. The lowest BCUT2D eigenvalue weighted by Crippen LogP contribution is -2.70. The van der Waals surface area contributed by atoms with E-state index in [1.807, 2.05) is 30.3 Å². The molecular formula is C19H22N3O5-. The molecule has 1 aromatic carbocycles. The summed E-state index contributed by atoms with van der Waals surface area (Å²) in [5.41, 5.74) is 0.969. The molecule has 144 valence electrons.